The molecule has 0 atom stereocenters. The van der Waals surface area contributed by atoms with Crippen molar-refractivity contribution in [2.75, 3.05) is 37.4 Å². The Kier molecular flexibility index (Phi) is 9.06. The molecule has 7 nitrogen and oxygen atoms in total. The molecule has 0 saturated heterocycles. The second-order valence-electron chi connectivity index (χ2n) is 7.87. The van der Waals surface area contributed by atoms with E-state index in [0.717, 1.165) is 14.8 Å². The maximum atomic E-state index is 13.6. The number of rotatable bonds is 11. The number of amides is 1. The summed E-state index contributed by atoms with van der Waals surface area (Å²) in [4.78, 5) is 14.1. The van der Waals surface area contributed by atoms with Gasteiger partial charge in [-0.25, -0.2) is 8.42 Å². The molecule has 3 aromatic carbocycles. The smallest absolute Gasteiger partial charge is 0.264 e. The van der Waals surface area contributed by atoms with Gasteiger partial charge in [0.2, 0.25) is 5.91 Å². The molecule has 3 rings (SSSR count). The van der Waals surface area contributed by atoms with Crippen LogP contribution in [0.2, 0.25) is 0 Å². The zero-order chi connectivity index (χ0) is 25.4. The summed E-state index contributed by atoms with van der Waals surface area (Å²) < 4.78 is 39.0. The molecule has 0 aliphatic rings. The van der Waals surface area contributed by atoms with Gasteiger partial charge in [-0.2, -0.15) is 0 Å². The molecule has 0 spiro atoms. The SMILES string of the molecule is COc1ccc(OC)c(N(CC(=O)NCCSc2ccc(C)cc2)S(=O)(=O)c2ccc(C)cc2)c1. The van der Waals surface area contributed by atoms with E-state index < -0.39 is 22.5 Å². The van der Waals surface area contributed by atoms with Crippen molar-refractivity contribution in [3.05, 3.63) is 77.9 Å². The van der Waals surface area contributed by atoms with Crippen LogP contribution >= 0.6 is 11.8 Å². The van der Waals surface area contributed by atoms with Crippen molar-refractivity contribution >= 4 is 33.4 Å². The number of nitrogens with one attached hydrogen (secondary N) is 1. The van der Waals surface area contributed by atoms with Gasteiger partial charge in [0.1, 0.15) is 18.0 Å². The molecule has 0 fully saturated rings. The fourth-order valence-electron chi connectivity index (χ4n) is 3.31. The van der Waals surface area contributed by atoms with Crippen LogP contribution in [0.1, 0.15) is 11.1 Å². The Morgan fingerprint density at radius 1 is 0.914 bits per heavy atom. The van der Waals surface area contributed by atoms with Crippen LogP contribution < -0.4 is 19.1 Å². The van der Waals surface area contributed by atoms with Gasteiger partial charge in [0.25, 0.3) is 10.0 Å². The zero-order valence-electron chi connectivity index (χ0n) is 20.3. The van der Waals surface area contributed by atoms with Gasteiger partial charge in [-0.05, 0) is 50.2 Å². The molecule has 0 saturated carbocycles. The molecule has 0 heterocycles. The molecular formula is C26H30N2O5S2. The Balaban J connectivity index is 1.81. The summed E-state index contributed by atoms with van der Waals surface area (Å²) in [5.41, 5.74) is 2.33. The van der Waals surface area contributed by atoms with E-state index in [1.54, 1.807) is 42.1 Å². The molecule has 186 valence electrons. The minimum Gasteiger partial charge on any atom is -0.497 e. The summed E-state index contributed by atoms with van der Waals surface area (Å²) >= 11 is 1.62. The highest BCUT2D eigenvalue weighted by molar-refractivity contribution is 7.99. The van der Waals surface area contributed by atoms with Crippen molar-refractivity contribution in [3.63, 3.8) is 0 Å². The summed E-state index contributed by atoms with van der Waals surface area (Å²) in [5.74, 6) is 0.987. The van der Waals surface area contributed by atoms with Crippen LogP contribution in [0.15, 0.2) is 76.5 Å². The monoisotopic (exact) mass is 514 g/mol. The van der Waals surface area contributed by atoms with Crippen molar-refractivity contribution in [3.8, 4) is 11.5 Å². The molecule has 0 unspecified atom stereocenters. The lowest BCUT2D eigenvalue weighted by Crippen LogP contribution is -2.41. The van der Waals surface area contributed by atoms with Crippen LogP contribution in [0.3, 0.4) is 0 Å². The first kappa shape index (κ1) is 26.4. The van der Waals surface area contributed by atoms with Gasteiger partial charge in [0, 0.05) is 23.3 Å². The van der Waals surface area contributed by atoms with E-state index in [0.29, 0.717) is 23.8 Å². The molecule has 1 N–H and O–H groups in total. The first-order valence-electron chi connectivity index (χ1n) is 11.0. The number of benzene rings is 3. The molecule has 0 aliphatic heterocycles. The number of aryl methyl sites for hydroxylation is 2. The van der Waals surface area contributed by atoms with E-state index in [1.807, 2.05) is 38.1 Å². The fraction of sp³-hybridized carbons (Fsp3) is 0.269. The predicted molar refractivity (Wildman–Crippen MR) is 140 cm³/mol. The van der Waals surface area contributed by atoms with Crippen LogP contribution in [0.25, 0.3) is 0 Å². The maximum Gasteiger partial charge on any atom is 0.264 e. The highest BCUT2D eigenvalue weighted by atomic mass is 32.2. The third-order valence-corrected chi connectivity index (χ3v) is 8.05. The minimum absolute atomic E-state index is 0.0794. The molecule has 0 aromatic heterocycles. The maximum absolute atomic E-state index is 13.6. The van der Waals surface area contributed by atoms with Crippen molar-refractivity contribution in [1.29, 1.82) is 0 Å². The number of hydrogen-bond donors (Lipinski definition) is 1. The van der Waals surface area contributed by atoms with Crippen molar-refractivity contribution < 1.29 is 22.7 Å². The van der Waals surface area contributed by atoms with Crippen molar-refractivity contribution in [1.82, 2.24) is 5.32 Å². The van der Waals surface area contributed by atoms with E-state index in [9.17, 15) is 13.2 Å². The van der Waals surface area contributed by atoms with E-state index in [1.165, 1.54) is 31.9 Å². The lowest BCUT2D eigenvalue weighted by Gasteiger charge is -2.26. The van der Waals surface area contributed by atoms with Crippen LogP contribution in [-0.4, -0.2) is 47.4 Å². The van der Waals surface area contributed by atoms with E-state index in [4.69, 9.17) is 9.47 Å². The number of carbonyl (C=O) groups excluding carboxylic acids is 1. The van der Waals surface area contributed by atoms with E-state index >= 15 is 0 Å². The Labute approximate surface area is 211 Å². The fourth-order valence-corrected chi connectivity index (χ4v) is 5.50. The Bertz CT molecular complexity index is 1240. The summed E-state index contributed by atoms with van der Waals surface area (Å²) in [6, 6.07) is 19.5. The summed E-state index contributed by atoms with van der Waals surface area (Å²) in [7, 11) is -1.13. The molecule has 9 heteroatoms. The van der Waals surface area contributed by atoms with E-state index in [-0.39, 0.29) is 10.6 Å². The number of nitrogens with zero attached hydrogens (tertiary/aromatic N) is 1. The van der Waals surface area contributed by atoms with Crippen molar-refractivity contribution in [2.24, 2.45) is 0 Å². The van der Waals surface area contributed by atoms with Crippen LogP contribution in [0.4, 0.5) is 5.69 Å². The normalized spacial score (nSPS) is 11.1. The second-order valence-corrected chi connectivity index (χ2v) is 10.9. The molecule has 1 amide bonds. The Morgan fingerprint density at radius 2 is 1.54 bits per heavy atom. The molecule has 3 aromatic rings. The lowest BCUT2D eigenvalue weighted by molar-refractivity contribution is -0.119. The van der Waals surface area contributed by atoms with Gasteiger partial charge < -0.3 is 14.8 Å². The number of methoxy groups -OCH3 is 2. The van der Waals surface area contributed by atoms with Gasteiger partial charge >= 0.3 is 0 Å². The van der Waals surface area contributed by atoms with Crippen LogP contribution in [0.5, 0.6) is 11.5 Å². The summed E-state index contributed by atoms with van der Waals surface area (Å²) in [5, 5.41) is 2.83. The first-order valence-corrected chi connectivity index (χ1v) is 13.4. The zero-order valence-corrected chi connectivity index (χ0v) is 21.9. The predicted octanol–water partition coefficient (Wildman–Crippen LogP) is 4.42. The molecule has 0 radical (unpaired) electrons. The lowest BCUT2D eigenvalue weighted by atomic mass is 10.2. The second kappa shape index (κ2) is 12.0. The van der Waals surface area contributed by atoms with Crippen LogP contribution in [-0.2, 0) is 14.8 Å². The minimum atomic E-state index is -4.07. The number of hydrogen-bond acceptors (Lipinski definition) is 6. The Morgan fingerprint density at radius 3 is 2.14 bits per heavy atom. The number of carbonyl (C=O) groups is 1. The molecule has 35 heavy (non-hydrogen) atoms. The number of anilines is 1. The largest absolute Gasteiger partial charge is 0.497 e. The summed E-state index contributed by atoms with van der Waals surface area (Å²) in [6.07, 6.45) is 0. The van der Waals surface area contributed by atoms with Crippen molar-refractivity contribution in [2.45, 2.75) is 23.6 Å². The number of thioether (sulfide) groups is 1. The van der Waals surface area contributed by atoms with Gasteiger partial charge in [-0.3, -0.25) is 9.10 Å². The first-order chi connectivity index (χ1) is 16.7. The average molecular weight is 515 g/mol. The van der Waals surface area contributed by atoms with Gasteiger partial charge in [-0.1, -0.05) is 35.4 Å². The number of sulfonamides is 1. The third kappa shape index (κ3) is 6.93. The topological polar surface area (TPSA) is 84.9 Å². The molecular weight excluding hydrogens is 484 g/mol. The number of ether oxygens (including phenoxy) is 2. The van der Waals surface area contributed by atoms with E-state index in [2.05, 4.69) is 5.32 Å². The van der Waals surface area contributed by atoms with Gasteiger partial charge in [0.05, 0.1) is 24.8 Å². The van der Waals surface area contributed by atoms with Gasteiger partial charge in [-0.15, -0.1) is 11.8 Å². The summed E-state index contributed by atoms with van der Waals surface area (Å²) in [6.45, 7) is 3.89. The van der Waals surface area contributed by atoms with Gasteiger partial charge in [0.15, 0.2) is 0 Å². The highest BCUT2D eigenvalue weighted by Gasteiger charge is 2.30. The Hall–Kier alpha value is -3.17. The molecule has 0 bridgehead atoms. The average Bonchev–Trinajstić information content (AvgIpc) is 2.86. The standard InChI is InChI=1S/C26H30N2O5S2/c1-19-5-10-22(11-6-19)34-16-15-27-26(29)18-28(24-17-21(32-3)9-14-25(24)33-4)35(30,31)23-12-7-20(2)8-13-23/h5-14,17H,15-16,18H2,1-4H3,(H,27,29). The molecule has 0 aliphatic carbocycles. The quantitative estimate of drug-likeness (QED) is 0.301. The highest BCUT2D eigenvalue weighted by Crippen LogP contribution is 2.35. The van der Waals surface area contributed by atoms with Crippen LogP contribution in [0, 0.1) is 13.8 Å². The third-order valence-electron chi connectivity index (χ3n) is 5.26.